The molecule has 0 bridgehead atoms. The highest BCUT2D eigenvalue weighted by Crippen LogP contribution is 2.38. The van der Waals surface area contributed by atoms with Gasteiger partial charge in [0.1, 0.15) is 17.1 Å². The van der Waals surface area contributed by atoms with Crippen LogP contribution in [-0.2, 0) is 4.79 Å². The number of benzene rings is 1. The molecule has 0 saturated heterocycles. The van der Waals surface area contributed by atoms with Gasteiger partial charge >= 0.3 is 0 Å². The molecule has 0 radical (unpaired) electrons. The maximum atomic E-state index is 13.8. The van der Waals surface area contributed by atoms with Crippen LogP contribution in [0.3, 0.4) is 0 Å². The molecule has 0 unspecified atom stereocenters. The normalized spacial score (nSPS) is 10.9. The maximum absolute atomic E-state index is 13.8. The highest BCUT2D eigenvalue weighted by molar-refractivity contribution is 6.02. The van der Waals surface area contributed by atoms with Crippen molar-refractivity contribution in [3.63, 3.8) is 0 Å². The van der Waals surface area contributed by atoms with E-state index in [9.17, 15) is 9.18 Å². The first-order valence-electron chi connectivity index (χ1n) is 11.8. The molecule has 0 fully saturated rings. The van der Waals surface area contributed by atoms with Crippen LogP contribution in [0.1, 0.15) is 0 Å². The Labute approximate surface area is 220 Å². The third-order valence-electron chi connectivity index (χ3n) is 5.78. The number of amides is 1. The number of nitrogens with zero attached hydrogens (tertiary/aromatic N) is 6. The van der Waals surface area contributed by atoms with Gasteiger partial charge in [-0.2, -0.15) is 0 Å². The summed E-state index contributed by atoms with van der Waals surface area (Å²) in [6, 6.07) is 6.73. The summed E-state index contributed by atoms with van der Waals surface area (Å²) in [6.07, 6.45) is 7.14. The lowest BCUT2D eigenvalue weighted by Crippen LogP contribution is -2.29. The summed E-state index contributed by atoms with van der Waals surface area (Å²) in [4.78, 5) is 33.7. The van der Waals surface area contributed by atoms with Gasteiger partial charge in [0.05, 0.1) is 36.1 Å². The molecule has 1 amide bonds. The number of hydrogen-bond donors (Lipinski definition) is 2. The summed E-state index contributed by atoms with van der Waals surface area (Å²) < 4.78 is 19.5. The molecule has 4 aromatic rings. The summed E-state index contributed by atoms with van der Waals surface area (Å²) in [5.74, 6) is -0.0187. The quantitative estimate of drug-likeness (QED) is 0.301. The Morgan fingerprint density at radius 3 is 2.63 bits per heavy atom. The predicted octanol–water partition coefficient (Wildman–Crippen LogP) is 4.10. The minimum Gasteiger partial charge on any atom is -0.494 e. The van der Waals surface area contributed by atoms with Crippen molar-refractivity contribution in [2.75, 3.05) is 56.9 Å². The SMILES string of the molecule is C=CC(=O)Nc1cc(Nc2ncc3ccnc(-c4cncc(F)c4)c3n2)c(OC)cc1N(C)CCN(C)C. The smallest absolute Gasteiger partial charge is 0.247 e. The molecule has 0 saturated carbocycles. The van der Waals surface area contributed by atoms with Gasteiger partial charge < -0.3 is 25.2 Å². The number of fused-ring (bicyclic) bond motifs is 1. The largest absolute Gasteiger partial charge is 0.494 e. The van der Waals surface area contributed by atoms with Gasteiger partial charge in [0.25, 0.3) is 0 Å². The summed E-state index contributed by atoms with van der Waals surface area (Å²) in [5, 5.41) is 6.79. The number of rotatable bonds is 10. The van der Waals surface area contributed by atoms with E-state index >= 15 is 0 Å². The zero-order valence-corrected chi connectivity index (χ0v) is 21.7. The van der Waals surface area contributed by atoms with Crippen molar-refractivity contribution in [1.29, 1.82) is 0 Å². The first-order chi connectivity index (χ1) is 18.3. The zero-order chi connectivity index (χ0) is 27.2. The van der Waals surface area contributed by atoms with Gasteiger partial charge in [-0.05, 0) is 38.4 Å². The molecule has 10 nitrogen and oxygen atoms in total. The van der Waals surface area contributed by atoms with Gasteiger partial charge in [-0.25, -0.2) is 14.4 Å². The van der Waals surface area contributed by atoms with E-state index < -0.39 is 5.82 Å². The van der Waals surface area contributed by atoms with Crippen LogP contribution in [0.25, 0.3) is 22.2 Å². The lowest BCUT2D eigenvalue weighted by atomic mass is 10.1. The van der Waals surface area contributed by atoms with Crippen molar-refractivity contribution in [3.05, 3.63) is 67.5 Å². The molecular formula is C27H29FN8O2. The van der Waals surface area contributed by atoms with Gasteiger partial charge in [0, 0.05) is 55.7 Å². The van der Waals surface area contributed by atoms with Gasteiger partial charge in [0.2, 0.25) is 11.9 Å². The highest BCUT2D eigenvalue weighted by Gasteiger charge is 2.17. The van der Waals surface area contributed by atoms with E-state index in [-0.39, 0.29) is 11.9 Å². The summed E-state index contributed by atoms with van der Waals surface area (Å²) in [6.45, 7) is 5.09. The lowest BCUT2D eigenvalue weighted by molar-refractivity contribution is -0.111. The Morgan fingerprint density at radius 1 is 1.11 bits per heavy atom. The topological polar surface area (TPSA) is 108 Å². The van der Waals surface area contributed by atoms with Crippen LogP contribution < -0.4 is 20.3 Å². The monoisotopic (exact) mass is 516 g/mol. The van der Waals surface area contributed by atoms with E-state index in [1.54, 1.807) is 31.6 Å². The lowest BCUT2D eigenvalue weighted by Gasteiger charge is -2.26. The van der Waals surface area contributed by atoms with Crippen LogP contribution in [0.2, 0.25) is 0 Å². The fraction of sp³-hybridized carbons (Fsp3) is 0.222. The molecule has 0 atom stereocenters. The number of halogens is 1. The Balaban J connectivity index is 1.75. The fourth-order valence-electron chi connectivity index (χ4n) is 3.80. The molecule has 3 aromatic heterocycles. The molecule has 11 heteroatoms. The van der Waals surface area contributed by atoms with Crippen molar-refractivity contribution in [2.24, 2.45) is 0 Å². The second-order valence-electron chi connectivity index (χ2n) is 8.80. The van der Waals surface area contributed by atoms with Gasteiger partial charge in [0.15, 0.2) is 0 Å². The van der Waals surface area contributed by atoms with Crippen LogP contribution in [0.5, 0.6) is 5.75 Å². The number of nitrogens with one attached hydrogen (secondary N) is 2. The molecule has 0 spiro atoms. The molecule has 38 heavy (non-hydrogen) atoms. The summed E-state index contributed by atoms with van der Waals surface area (Å²) >= 11 is 0. The van der Waals surface area contributed by atoms with Crippen LogP contribution in [0, 0.1) is 5.82 Å². The maximum Gasteiger partial charge on any atom is 0.247 e. The predicted molar refractivity (Wildman–Crippen MR) is 147 cm³/mol. The summed E-state index contributed by atoms with van der Waals surface area (Å²) in [7, 11) is 7.50. The third-order valence-corrected chi connectivity index (χ3v) is 5.78. The molecule has 2 N–H and O–H groups in total. The summed E-state index contributed by atoms with van der Waals surface area (Å²) in [5.41, 5.74) is 3.37. The van der Waals surface area contributed by atoms with Crippen molar-refractivity contribution >= 4 is 39.8 Å². The number of methoxy groups -OCH3 is 1. The molecule has 0 aliphatic carbocycles. The number of likely N-dealkylation sites (N-methyl/N-ethyl adjacent to an activating group) is 2. The molecular weight excluding hydrogens is 487 g/mol. The second-order valence-corrected chi connectivity index (χ2v) is 8.80. The Kier molecular flexibility index (Phi) is 8.07. The van der Waals surface area contributed by atoms with Gasteiger partial charge in [-0.15, -0.1) is 0 Å². The molecule has 196 valence electrons. The highest BCUT2D eigenvalue weighted by atomic mass is 19.1. The standard InChI is InChI=1S/C27H29FN8O2/c1-6-24(37)32-20-12-21(23(38-5)13-22(20)36(4)10-9-35(2)3)33-27-31-15-17-7-8-30-25(26(17)34-27)18-11-19(28)16-29-14-18/h6-8,11-16H,1,9-10H2,2-5H3,(H,32,37)(H,31,33,34). The van der Waals surface area contributed by atoms with E-state index in [0.717, 1.165) is 30.4 Å². The molecule has 1 aromatic carbocycles. The van der Waals surface area contributed by atoms with Crippen LogP contribution >= 0.6 is 0 Å². The van der Waals surface area contributed by atoms with E-state index in [4.69, 9.17) is 4.74 Å². The van der Waals surface area contributed by atoms with E-state index in [2.05, 4.69) is 42.0 Å². The fourth-order valence-corrected chi connectivity index (χ4v) is 3.80. The average Bonchev–Trinajstić information content (AvgIpc) is 2.91. The average molecular weight is 517 g/mol. The van der Waals surface area contributed by atoms with Crippen LogP contribution in [0.4, 0.5) is 27.4 Å². The van der Waals surface area contributed by atoms with Crippen molar-refractivity contribution in [3.8, 4) is 17.0 Å². The number of pyridine rings is 2. The second kappa shape index (κ2) is 11.6. The molecule has 3 heterocycles. The number of hydrogen-bond acceptors (Lipinski definition) is 9. The minimum atomic E-state index is -0.469. The van der Waals surface area contributed by atoms with E-state index in [1.807, 2.05) is 32.1 Å². The van der Waals surface area contributed by atoms with Crippen molar-refractivity contribution < 1.29 is 13.9 Å². The van der Waals surface area contributed by atoms with Crippen LogP contribution in [-0.4, -0.2) is 72.1 Å². The Bertz CT molecular complexity index is 1480. The first-order valence-corrected chi connectivity index (χ1v) is 11.8. The number of ether oxygens (including phenoxy) is 1. The van der Waals surface area contributed by atoms with Crippen molar-refractivity contribution in [1.82, 2.24) is 24.8 Å². The van der Waals surface area contributed by atoms with E-state index in [0.29, 0.717) is 33.9 Å². The Hall–Kier alpha value is -4.64. The number of anilines is 4. The molecule has 0 aliphatic rings. The zero-order valence-electron chi connectivity index (χ0n) is 21.7. The number of aromatic nitrogens is 4. The molecule has 0 aliphatic heterocycles. The van der Waals surface area contributed by atoms with Crippen LogP contribution in [0.15, 0.2) is 61.7 Å². The first kappa shape index (κ1) is 26.4. The van der Waals surface area contributed by atoms with Crippen molar-refractivity contribution in [2.45, 2.75) is 0 Å². The Morgan fingerprint density at radius 2 is 1.92 bits per heavy atom. The van der Waals surface area contributed by atoms with E-state index in [1.165, 1.54) is 18.3 Å². The number of carbonyl (C=O) groups excluding carboxylic acids is 1. The number of carbonyl (C=O) groups is 1. The molecule has 4 rings (SSSR count). The minimum absolute atomic E-state index is 0.268. The third kappa shape index (κ3) is 6.01. The van der Waals surface area contributed by atoms with Gasteiger partial charge in [-0.3, -0.25) is 14.8 Å². The van der Waals surface area contributed by atoms with Gasteiger partial charge in [-0.1, -0.05) is 6.58 Å².